The highest BCUT2D eigenvalue weighted by Gasteiger charge is 2.32. The molecule has 0 spiro atoms. The molecule has 0 aliphatic carbocycles. The van der Waals surface area contributed by atoms with Crippen LogP contribution in [-0.2, 0) is 93.0 Å². The number of rotatable bonds is 44. The molecule has 1 amide bonds. The van der Waals surface area contributed by atoms with Crippen molar-refractivity contribution in [3.05, 3.63) is 35.9 Å². The number of benzene rings is 1. The van der Waals surface area contributed by atoms with Crippen LogP contribution in [0, 0.1) is 0 Å². The summed E-state index contributed by atoms with van der Waals surface area (Å²) in [5.74, 6) is 0. The Morgan fingerprint density at radius 3 is 1.00 bits per heavy atom. The number of aliphatic hydroxyl groups excluding tert-OH is 7. The lowest BCUT2D eigenvalue weighted by molar-refractivity contribution is -0.000154. The van der Waals surface area contributed by atoms with Crippen LogP contribution in [0.25, 0.3) is 0 Å². The molecular weight excluding hydrogens is 1110 g/mol. The van der Waals surface area contributed by atoms with Gasteiger partial charge < -0.3 is 75.2 Å². The molecule has 0 radical (unpaired) electrons. The molecule has 0 saturated carbocycles. The lowest BCUT2D eigenvalue weighted by Gasteiger charge is -2.20. The number of hydrogen-bond acceptors (Lipinski definition) is 27. The van der Waals surface area contributed by atoms with Gasteiger partial charge in [0.25, 0.3) is 0 Å². The third-order valence-corrected chi connectivity index (χ3v) is 13.5. The standard InChI is InChI=1S/C32H63NO33P6/c34-12-26(35)14-56-68(44,45)58-17-28(37)18-60-70(48,49)62-21-30(39)22-64-72(52,53)66-24-31(40)23-65-71(50,51)63-20-29(38)19-61-69(46,47)59-16-27(36)15-57-67(42,43)55-11-7-2-1-6-10-33-32(41)54-13-25-8-4-3-5-9-25/h3-5,8-9,26-31,34-40H,1-2,6-7,10-24H2,(H,33,41)(H,42,43)(H,44,45)(H,46,47)(H,48,49)(H,50,51)(H,52,53)/t26-,27?,28?,29?,30?,31?/m1/s1. The maximum absolute atomic E-state index is 12.1. The van der Waals surface area contributed by atoms with Crippen LogP contribution >= 0.6 is 46.9 Å². The van der Waals surface area contributed by atoms with E-state index in [0.717, 1.165) is 5.56 Å². The summed E-state index contributed by atoms with van der Waals surface area (Å²) in [6.45, 7) is -11.9. The fourth-order valence-electron chi connectivity index (χ4n) is 4.22. The smallest absolute Gasteiger partial charge is 0.445 e. The molecule has 0 aliphatic rings. The van der Waals surface area contributed by atoms with E-state index in [0.29, 0.717) is 32.2 Å². The van der Waals surface area contributed by atoms with Crippen LogP contribution in [0.3, 0.4) is 0 Å². The Balaban J connectivity index is 2.23. The fourth-order valence-corrected chi connectivity index (χ4v) is 9.00. The molecule has 424 valence electrons. The number of ether oxygens (including phenoxy) is 1. The van der Waals surface area contributed by atoms with Gasteiger partial charge in [-0.3, -0.25) is 54.3 Å². The Hall–Kier alpha value is -1.13. The topological polar surface area (TPSA) is 515 Å². The Morgan fingerprint density at radius 2 is 0.694 bits per heavy atom. The molecule has 40 heteroatoms. The molecule has 0 heterocycles. The number of phosphoric ester groups is 6. The predicted molar refractivity (Wildman–Crippen MR) is 237 cm³/mol. The van der Waals surface area contributed by atoms with Gasteiger partial charge in [0.15, 0.2) is 0 Å². The molecule has 1 rings (SSSR count). The van der Waals surface area contributed by atoms with Crippen molar-refractivity contribution in [2.24, 2.45) is 0 Å². The molecule has 0 bridgehead atoms. The number of phosphoric acid groups is 6. The number of aliphatic hydroxyl groups is 7. The zero-order valence-corrected chi connectivity index (χ0v) is 43.3. The minimum absolute atomic E-state index is 0.124. The third-order valence-electron chi connectivity index (χ3n) is 7.75. The van der Waals surface area contributed by atoms with Gasteiger partial charge in [0.2, 0.25) is 0 Å². The molecular formula is C32H63NO33P6. The van der Waals surface area contributed by atoms with Crippen LogP contribution in [0.2, 0.25) is 0 Å². The Morgan fingerprint density at radius 1 is 0.417 bits per heavy atom. The van der Waals surface area contributed by atoms with E-state index in [2.05, 4.69) is 55.1 Å². The van der Waals surface area contributed by atoms with Crippen LogP contribution in [0.5, 0.6) is 0 Å². The van der Waals surface area contributed by atoms with Crippen molar-refractivity contribution in [2.75, 3.05) is 92.4 Å². The van der Waals surface area contributed by atoms with Gasteiger partial charge in [-0.2, -0.15) is 0 Å². The van der Waals surface area contributed by atoms with E-state index in [1.807, 2.05) is 30.3 Å². The summed E-state index contributed by atoms with van der Waals surface area (Å²) in [7, 11) is -29.8. The molecule has 1 aromatic carbocycles. The third kappa shape index (κ3) is 37.6. The van der Waals surface area contributed by atoms with E-state index in [1.54, 1.807) is 0 Å². The molecule has 0 aromatic heterocycles. The van der Waals surface area contributed by atoms with Crippen molar-refractivity contribution in [1.82, 2.24) is 5.32 Å². The first-order valence-electron chi connectivity index (χ1n) is 20.8. The van der Waals surface area contributed by atoms with Crippen LogP contribution in [0.1, 0.15) is 31.2 Å². The summed E-state index contributed by atoms with van der Waals surface area (Å²) in [6, 6.07) is 9.09. The average Bonchev–Trinajstić information content (AvgIpc) is 3.32. The SMILES string of the molecule is O=C(NCCCCCCOP(=O)(O)OCC(O)COP(=O)(O)OCC(O)COP(=O)(O)OCC(O)COP(=O)(O)OCC(O)COP(=O)(O)OCC(O)COP(=O)(O)OC[C@H](O)CO)OCc1ccccc1. The second kappa shape index (κ2) is 35.3. The Bertz CT molecular complexity index is 1960. The predicted octanol–water partition coefficient (Wildman–Crippen LogP) is -0.567. The monoisotopic (exact) mass is 1180 g/mol. The number of carbonyl (C=O) groups excluding carboxylic acids is 1. The minimum atomic E-state index is -5.12. The zero-order chi connectivity index (χ0) is 54.5. The molecule has 72 heavy (non-hydrogen) atoms. The van der Waals surface area contributed by atoms with Gasteiger partial charge in [0, 0.05) is 6.54 Å². The number of amides is 1. The van der Waals surface area contributed by atoms with Gasteiger partial charge in [-0.25, -0.2) is 32.2 Å². The van der Waals surface area contributed by atoms with E-state index in [-0.39, 0.29) is 13.2 Å². The molecule has 0 saturated heterocycles. The van der Waals surface area contributed by atoms with Crippen molar-refractivity contribution in [2.45, 2.75) is 68.9 Å². The number of unbranched alkanes of at least 4 members (excludes halogenated alkanes) is 3. The van der Waals surface area contributed by atoms with Gasteiger partial charge in [0.1, 0.15) is 43.2 Å². The number of hydrogen-bond donors (Lipinski definition) is 14. The average molecular weight is 1180 g/mol. The van der Waals surface area contributed by atoms with Gasteiger partial charge in [-0.1, -0.05) is 43.2 Å². The van der Waals surface area contributed by atoms with Crippen molar-refractivity contribution in [1.29, 1.82) is 0 Å². The van der Waals surface area contributed by atoms with Crippen molar-refractivity contribution >= 4 is 53.0 Å². The maximum atomic E-state index is 12.1. The number of alkyl carbamates (subject to hydrolysis) is 1. The van der Waals surface area contributed by atoms with Gasteiger partial charge in [-0.15, -0.1) is 0 Å². The van der Waals surface area contributed by atoms with Crippen molar-refractivity contribution in [3.63, 3.8) is 0 Å². The first-order chi connectivity index (χ1) is 33.4. The number of nitrogens with one attached hydrogen (secondary N) is 1. The second-order valence-electron chi connectivity index (χ2n) is 14.4. The van der Waals surface area contributed by atoms with E-state index in [9.17, 15) is 87.1 Å². The van der Waals surface area contributed by atoms with Gasteiger partial charge >= 0.3 is 53.0 Å². The normalized spacial score (nSPS) is 19.7. The molecule has 0 aliphatic heterocycles. The summed E-state index contributed by atoms with van der Waals surface area (Å²) < 4.78 is 131. The minimum Gasteiger partial charge on any atom is -0.445 e. The lowest BCUT2D eigenvalue weighted by atomic mass is 10.2. The van der Waals surface area contributed by atoms with Crippen molar-refractivity contribution < 1.29 is 156 Å². The Labute approximate surface area is 411 Å². The van der Waals surface area contributed by atoms with Gasteiger partial charge in [-0.05, 0) is 18.4 Å². The summed E-state index contributed by atoms with van der Waals surface area (Å²) >= 11 is 0. The van der Waals surface area contributed by atoms with Crippen molar-refractivity contribution in [3.8, 4) is 0 Å². The Kier molecular flexibility index (Phi) is 33.8. The number of carbonyl (C=O) groups is 1. The second-order valence-corrected chi connectivity index (χ2v) is 23.1. The molecule has 12 atom stereocenters. The molecule has 0 fully saturated rings. The summed E-state index contributed by atoms with van der Waals surface area (Å²) in [6.07, 6.45) is -9.31. The van der Waals surface area contributed by atoms with E-state index >= 15 is 0 Å². The summed E-state index contributed by atoms with van der Waals surface area (Å²) in [5, 5.41) is 69.8. The quantitative estimate of drug-likeness (QED) is 0.0287. The highest BCUT2D eigenvalue weighted by molar-refractivity contribution is 7.48. The summed E-state index contributed by atoms with van der Waals surface area (Å²) in [5.41, 5.74) is 0.835. The molecule has 14 N–H and O–H groups in total. The first-order valence-corrected chi connectivity index (χ1v) is 29.8. The van der Waals surface area contributed by atoms with E-state index in [1.165, 1.54) is 0 Å². The first kappa shape index (κ1) is 68.9. The molecule has 11 unspecified atom stereocenters. The van der Waals surface area contributed by atoms with Crippen LogP contribution in [-0.4, -0.2) is 200 Å². The fraction of sp³-hybridized carbons (Fsp3) is 0.781. The molecule has 34 nitrogen and oxygen atoms in total. The lowest BCUT2D eigenvalue weighted by Crippen LogP contribution is -2.25. The van der Waals surface area contributed by atoms with E-state index < -0.39 is 169 Å². The maximum Gasteiger partial charge on any atom is 0.472 e. The zero-order valence-electron chi connectivity index (χ0n) is 37.9. The van der Waals surface area contributed by atoms with Crippen LogP contribution in [0.4, 0.5) is 4.79 Å². The van der Waals surface area contributed by atoms with Crippen LogP contribution < -0.4 is 5.32 Å². The van der Waals surface area contributed by atoms with Crippen LogP contribution in [0.15, 0.2) is 30.3 Å². The largest absolute Gasteiger partial charge is 0.472 e. The van der Waals surface area contributed by atoms with Gasteiger partial charge in [0.05, 0.1) is 85.9 Å². The van der Waals surface area contributed by atoms with E-state index in [4.69, 9.17) is 19.5 Å². The highest BCUT2D eigenvalue weighted by Crippen LogP contribution is 2.48. The molecule has 1 aromatic rings. The highest BCUT2D eigenvalue weighted by atomic mass is 31.2. The summed E-state index contributed by atoms with van der Waals surface area (Å²) in [4.78, 5) is 70.0.